The lowest BCUT2D eigenvalue weighted by Crippen LogP contribution is -2.48. The average molecular weight is 298 g/mol. The van der Waals surface area contributed by atoms with E-state index in [4.69, 9.17) is 5.26 Å². The molecule has 0 aliphatic carbocycles. The Morgan fingerprint density at radius 1 is 1.29 bits per heavy atom. The quantitative estimate of drug-likeness (QED) is 0.791. The Kier molecular flexibility index (Phi) is 4.02. The van der Waals surface area contributed by atoms with Gasteiger partial charge in [-0.3, -0.25) is 4.79 Å². The highest BCUT2D eigenvalue weighted by Gasteiger charge is 2.34. The predicted octanol–water partition coefficient (Wildman–Crippen LogP) is 1.64. The number of hydrogen-bond acceptors (Lipinski definition) is 4. The van der Waals surface area contributed by atoms with E-state index >= 15 is 0 Å². The Bertz CT molecular complexity index is 586. The standard InChI is InChI=1S/C13H13F3N4O/c1-9(21)19-4-6-20(7-5-19)12-10(8-17)2-3-11(18-12)13(14,15)16/h2-3H,4-7H2,1H3. The number of carbonyl (C=O) groups is 1. The molecule has 8 heteroatoms. The zero-order valence-electron chi connectivity index (χ0n) is 11.3. The van der Waals surface area contributed by atoms with Crippen molar-refractivity contribution in [2.75, 3.05) is 31.1 Å². The molecule has 21 heavy (non-hydrogen) atoms. The molecule has 1 saturated heterocycles. The number of anilines is 1. The summed E-state index contributed by atoms with van der Waals surface area (Å²) in [7, 11) is 0. The first kappa shape index (κ1) is 15.1. The van der Waals surface area contributed by atoms with Gasteiger partial charge in [0.2, 0.25) is 5.91 Å². The van der Waals surface area contributed by atoms with Gasteiger partial charge < -0.3 is 9.80 Å². The van der Waals surface area contributed by atoms with Crippen molar-refractivity contribution in [1.29, 1.82) is 5.26 Å². The fourth-order valence-electron chi connectivity index (χ4n) is 2.17. The van der Waals surface area contributed by atoms with E-state index in [1.807, 2.05) is 6.07 Å². The molecule has 1 aromatic heterocycles. The minimum Gasteiger partial charge on any atom is -0.352 e. The molecule has 112 valence electrons. The summed E-state index contributed by atoms with van der Waals surface area (Å²) >= 11 is 0. The van der Waals surface area contributed by atoms with Crippen molar-refractivity contribution in [2.45, 2.75) is 13.1 Å². The Labute approximate surface area is 119 Å². The summed E-state index contributed by atoms with van der Waals surface area (Å²) < 4.78 is 38.2. The minimum absolute atomic E-state index is 0.0236. The molecule has 0 N–H and O–H groups in total. The largest absolute Gasteiger partial charge is 0.433 e. The van der Waals surface area contributed by atoms with Crippen LogP contribution in [0.1, 0.15) is 18.2 Å². The second-order valence-electron chi connectivity index (χ2n) is 4.67. The van der Waals surface area contributed by atoms with Crippen molar-refractivity contribution in [3.05, 3.63) is 23.4 Å². The van der Waals surface area contributed by atoms with Gasteiger partial charge >= 0.3 is 6.18 Å². The first-order valence-corrected chi connectivity index (χ1v) is 6.31. The van der Waals surface area contributed by atoms with Crippen molar-refractivity contribution in [3.8, 4) is 6.07 Å². The van der Waals surface area contributed by atoms with Crippen LogP contribution in [-0.2, 0) is 11.0 Å². The summed E-state index contributed by atoms with van der Waals surface area (Å²) in [6, 6.07) is 3.78. The monoisotopic (exact) mass is 298 g/mol. The molecule has 0 radical (unpaired) electrons. The van der Waals surface area contributed by atoms with Crippen molar-refractivity contribution in [2.24, 2.45) is 0 Å². The number of alkyl halides is 3. The normalized spacial score (nSPS) is 15.8. The van der Waals surface area contributed by atoms with Crippen molar-refractivity contribution in [3.63, 3.8) is 0 Å². The molecular weight excluding hydrogens is 285 g/mol. The maximum atomic E-state index is 12.7. The van der Waals surface area contributed by atoms with E-state index in [0.29, 0.717) is 26.2 Å². The molecule has 1 fully saturated rings. The third-order valence-electron chi connectivity index (χ3n) is 3.31. The number of aromatic nitrogens is 1. The second-order valence-corrected chi connectivity index (χ2v) is 4.67. The highest BCUT2D eigenvalue weighted by Crippen LogP contribution is 2.30. The molecule has 2 heterocycles. The number of rotatable bonds is 1. The Morgan fingerprint density at radius 3 is 2.38 bits per heavy atom. The van der Waals surface area contributed by atoms with Gasteiger partial charge in [-0.15, -0.1) is 0 Å². The van der Waals surface area contributed by atoms with E-state index in [9.17, 15) is 18.0 Å². The summed E-state index contributed by atoms with van der Waals surface area (Å²) in [5, 5.41) is 9.02. The molecule has 0 saturated carbocycles. The Morgan fingerprint density at radius 2 is 1.90 bits per heavy atom. The Hall–Kier alpha value is -2.30. The van der Waals surface area contributed by atoms with Gasteiger partial charge in [0.1, 0.15) is 17.6 Å². The van der Waals surface area contributed by atoms with Gasteiger partial charge in [0.05, 0.1) is 5.56 Å². The second kappa shape index (κ2) is 5.60. The van der Waals surface area contributed by atoms with Crippen LogP contribution in [0.25, 0.3) is 0 Å². The zero-order valence-corrected chi connectivity index (χ0v) is 11.3. The maximum absolute atomic E-state index is 12.7. The average Bonchev–Trinajstić information content (AvgIpc) is 2.45. The van der Waals surface area contributed by atoms with Crippen LogP contribution in [-0.4, -0.2) is 42.0 Å². The number of halogens is 3. The molecule has 5 nitrogen and oxygen atoms in total. The van der Waals surface area contributed by atoms with Crippen LogP contribution in [0.15, 0.2) is 12.1 Å². The molecular formula is C13H13F3N4O. The molecule has 2 rings (SSSR count). The number of pyridine rings is 1. The summed E-state index contributed by atoms with van der Waals surface area (Å²) in [6.07, 6.45) is -4.55. The predicted molar refractivity (Wildman–Crippen MR) is 68.4 cm³/mol. The maximum Gasteiger partial charge on any atom is 0.433 e. The van der Waals surface area contributed by atoms with Gasteiger partial charge in [0, 0.05) is 33.1 Å². The molecule has 1 aromatic rings. The van der Waals surface area contributed by atoms with E-state index in [1.165, 1.54) is 6.92 Å². The number of piperazine rings is 1. The Balaban J connectivity index is 2.27. The van der Waals surface area contributed by atoms with Crippen LogP contribution >= 0.6 is 0 Å². The fourth-order valence-corrected chi connectivity index (χ4v) is 2.17. The van der Waals surface area contributed by atoms with Gasteiger partial charge in [-0.1, -0.05) is 0 Å². The van der Waals surface area contributed by atoms with Crippen LogP contribution < -0.4 is 4.90 Å². The zero-order chi connectivity index (χ0) is 15.6. The lowest BCUT2D eigenvalue weighted by molar-refractivity contribution is -0.141. The van der Waals surface area contributed by atoms with E-state index in [0.717, 1.165) is 12.1 Å². The number of nitriles is 1. The first-order chi connectivity index (χ1) is 9.82. The van der Waals surface area contributed by atoms with Crippen LogP contribution in [0.4, 0.5) is 19.0 Å². The summed E-state index contributed by atoms with van der Waals surface area (Å²) in [6.45, 7) is 2.94. The van der Waals surface area contributed by atoms with Gasteiger partial charge in [0.25, 0.3) is 0 Å². The lowest BCUT2D eigenvalue weighted by atomic mass is 10.2. The van der Waals surface area contributed by atoms with Crippen LogP contribution in [0.5, 0.6) is 0 Å². The van der Waals surface area contributed by atoms with E-state index in [1.54, 1.807) is 9.80 Å². The number of hydrogen-bond donors (Lipinski definition) is 0. The third kappa shape index (κ3) is 3.24. The van der Waals surface area contributed by atoms with Crippen LogP contribution in [0.2, 0.25) is 0 Å². The van der Waals surface area contributed by atoms with E-state index < -0.39 is 11.9 Å². The van der Waals surface area contributed by atoms with Crippen molar-refractivity contribution >= 4 is 11.7 Å². The molecule has 1 aliphatic rings. The molecule has 0 spiro atoms. The van der Waals surface area contributed by atoms with Crippen molar-refractivity contribution < 1.29 is 18.0 Å². The van der Waals surface area contributed by atoms with E-state index in [-0.39, 0.29) is 17.3 Å². The highest BCUT2D eigenvalue weighted by molar-refractivity contribution is 5.73. The number of amides is 1. The highest BCUT2D eigenvalue weighted by atomic mass is 19.4. The van der Waals surface area contributed by atoms with Gasteiger partial charge in [0.15, 0.2) is 0 Å². The third-order valence-corrected chi connectivity index (χ3v) is 3.31. The summed E-state index contributed by atoms with van der Waals surface area (Å²) in [4.78, 5) is 18.0. The van der Waals surface area contributed by atoms with Gasteiger partial charge in [-0.05, 0) is 12.1 Å². The lowest BCUT2D eigenvalue weighted by Gasteiger charge is -2.35. The van der Waals surface area contributed by atoms with Gasteiger partial charge in [-0.25, -0.2) is 4.98 Å². The molecule has 0 atom stereocenters. The minimum atomic E-state index is -4.55. The topological polar surface area (TPSA) is 60.2 Å². The molecule has 0 aromatic carbocycles. The fraction of sp³-hybridized carbons (Fsp3) is 0.462. The molecule has 1 aliphatic heterocycles. The molecule has 1 amide bonds. The molecule has 0 unspecified atom stereocenters. The molecule has 0 bridgehead atoms. The summed E-state index contributed by atoms with van der Waals surface area (Å²) in [5.74, 6) is -0.0531. The first-order valence-electron chi connectivity index (χ1n) is 6.31. The summed E-state index contributed by atoms with van der Waals surface area (Å²) in [5.41, 5.74) is -0.926. The smallest absolute Gasteiger partial charge is 0.352 e. The number of carbonyl (C=O) groups excluding carboxylic acids is 1. The van der Waals surface area contributed by atoms with Crippen molar-refractivity contribution in [1.82, 2.24) is 9.88 Å². The van der Waals surface area contributed by atoms with Crippen LogP contribution in [0, 0.1) is 11.3 Å². The van der Waals surface area contributed by atoms with Gasteiger partial charge in [-0.2, -0.15) is 18.4 Å². The van der Waals surface area contributed by atoms with Crippen LogP contribution in [0.3, 0.4) is 0 Å². The SMILES string of the molecule is CC(=O)N1CCN(c2nc(C(F)(F)F)ccc2C#N)CC1. The number of nitrogens with zero attached hydrogens (tertiary/aromatic N) is 4. The van der Waals surface area contributed by atoms with E-state index in [2.05, 4.69) is 4.98 Å².